The van der Waals surface area contributed by atoms with Crippen LogP contribution in [0.15, 0.2) is 54.7 Å². The fourth-order valence-corrected chi connectivity index (χ4v) is 5.17. The van der Waals surface area contributed by atoms with Gasteiger partial charge in [0.2, 0.25) is 5.91 Å². The van der Waals surface area contributed by atoms with Crippen LogP contribution in [0.2, 0.25) is 0 Å². The SMILES string of the molecule is CN1CCN(c2ccc3c(c2)[nH]c2c(CC(N)=O)cc(-c4ccc5c(cnn5C)c4)cc23)CC1. The summed E-state index contributed by atoms with van der Waals surface area (Å²) in [5.41, 5.74) is 13.1. The molecule has 7 nitrogen and oxygen atoms in total. The number of carbonyl (C=O) groups excluding carboxylic acids is 1. The molecule has 34 heavy (non-hydrogen) atoms. The maximum atomic E-state index is 11.9. The van der Waals surface area contributed by atoms with Crippen LogP contribution in [0, 0.1) is 0 Å². The highest BCUT2D eigenvalue weighted by atomic mass is 16.1. The van der Waals surface area contributed by atoms with Gasteiger partial charge < -0.3 is 20.5 Å². The Balaban J connectivity index is 1.49. The molecule has 0 spiro atoms. The Hall–Kier alpha value is -3.84. The summed E-state index contributed by atoms with van der Waals surface area (Å²) in [6.45, 7) is 4.18. The molecule has 1 amide bonds. The van der Waals surface area contributed by atoms with Crippen LogP contribution in [0.4, 0.5) is 5.69 Å². The van der Waals surface area contributed by atoms with Crippen LogP contribution in [0.3, 0.4) is 0 Å². The van der Waals surface area contributed by atoms with Crippen molar-refractivity contribution in [3.8, 4) is 11.1 Å². The summed E-state index contributed by atoms with van der Waals surface area (Å²) in [7, 11) is 4.11. The van der Waals surface area contributed by atoms with E-state index in [2.05, 4.69) is 75.5 Å². The van der Waals surface area contributed by atoms with Crippen molar-refractivity contribution in [2.45, 2.75) is 6.42 Å². The number of fused-ring (bicyclic) bond motifs is 4. The van der Waals surface area contributed by atoms with E-state index in [1.807, 2.05) is 17.9 Å². The molecule has 6 rings (SSSR count). The van der Waals surface area contributed by atoms with E-state index in [-0.39, 0.29) is 12.3 Å². The van der Waals surface area contributed by atoms with Gasteiger partial charge in [0.25, 0.3) is 0 Å². The molecule has 0 bridgehead atoms. The Morgan fingerprint density at radius 2 is 1.79 bits per heavy atom. The first-order valence-corrected chi connectivity index (χ1v) is 11.7. The number of carbonyl (C=O) groups is 1. The molecule has 0 atom stereocenters. The number of piperazine rings is 1. The molecular weight excluding hydrogens is 424 g/mol. The largest absolute Gasteiger partial charge is 0.369 e. The van der Waals surface area contributed by atoms with Crippen molar-refractivity contribution in [2.75, 3.05) is 38.1 Å². The van der Waals surface area contributed by atoms with Gasteiger partial charge >= 0.3 is 0 Å². The van der Waals surface area contributed by atoms with Crippen LogP contribution >= 0.6 is 0 Å². The minimum absolute atomic E-state index is 0.192. The van der Waals surface area contributed by atoms with Gasteiger partial charge in [-0.25, -0.2) is 0 Å². The topological polar surface area (TPSA) is 83.2 Å². The molecule has 0 aliphatic carbocycles. The van der Waals surface area contributed by atoms with E-state index in [9.17, 15) is 4.79 Å². The summed E-state index contributed by atoms with van der Waals surface area (Å²) in [5, 5.41) is 7.72. The monoisotopic (exact) mass is 452 g/mol. The molecule has 1 aliphatic rings. The van der Waals surface area contributed by atoms with Crippen molar-refractivity contribution in [1.82, 2.24) is 19.7 Å². The Morgan fingerprint density at radius 3 is 2.59 bits per heavy atom. The van der Waals surface area contributed by atoms with E-state index in [4.69, 9.17) is 5.73 Å². The molecule has 1 aliphatic heterocycles. The molecule has 3 heterocycles. The molecule has 5 aromatic rings. The number of nitrogens with one attached hydrogen (secondary N) is 1. The third-order valence-corrected chi connectivity index (χ3v) is 7.09. The number of likely N-dealkylation sites (N-methyl/N-ethyl adjacent to an activating group) is 1. The third-order valence-electron chi connectivity index (χ3n) is 7.09. The van der Waals surface area contributed by atoms with Gasteiger partial charge in [-0.3, -0.25) is 9.48 Å². The standard InChI is InChI=1S/C27H28N6O/c1-31-7-9-33(10-8-31)21-4-5-22-23-13-18(17-3-6-25-20(11-17)16-29-32(25)2)12-19(14-26(28)34)27(23)30-24(22)15-21/h3-6,11-13,15-16,30H,7-10,14H2,1-2H3,(H2,28,34). The Bertz CT molecular complexity index is 1550. The van der Waals surface area contributed by atoms with Crippen molar-refractivity contribution >= 4 is 44.3 Å². The lowest BCUT2D eigenvalue weighted by Crippen LogP contribution is -2.44. The molecule has 0 unspecified atom stereocenters. The van der Waals surface area contributed by atoms with Crippen molar-refractivity contribution in [3.05, 3.63) is 60.3 Å². The van der Waals surface area contributed by atoms with Crippen LogP contribution in [-0.2, 0) is 18.3 Å². The van der Waals surface area contributed by atoms with Gasteiger partial charge in [0, 0.05) is 60.6 Å². The summed E-state index contributed by atoms with van der Waals surface area (Å²) < 4.78 is 1.87. The number of aryl methyl sites for hydroxylation is 1. The number of aromatic amines is 1. The van der Waals surface area contributed by atoms with Crippen molar-refractivity contribution in [1.29, 1.82) is 0 Å². The number of rotatable bonds is 4. The molecule has 0 radical (unpaired) electrons. The number of H-pyrrole nitrogens is 1. The molecule has 172 valence electrons. The van der Waals surface area contributed by atoms with E-state index in [0.717, 1.165) is 75.6 Å². The van der Waals surface area contributed by atoms with Gasteiger partial charge in [0.15, 0.2) is 0 Å². The predicted octanol–water partition coefficient (Wildman–Crippen LogP) is 3.65. The average Bonchev–Trinajstić information content (AvgIpc) is 3.39. The zero-order valence-corrected chi connectivity index (χ0v) is 19.5. The molecule has 1 saturated heterocycles. The minimum Gasteiger partial charge on any atom is -0.369 e. The Morgan fingerprint density at radius 1 is 0.971 bits per heavy atom. The maximum Gasteiger partial charge on any atom is 0.221 e. The first-order chi connectivity index (χ1) is 16.5. The number of hydrogen-bond acceptors (Lipinski definition) is 4. The van der Waals surface area contributed by atoms with E-state index >= 15 is 0 Å². The quantitative estimate of drug-likeness (QED) is 0.436. The lowest BCUT2D eigenvalue weighted by Gasteiger charge is -2.34. The highest BCUT2D eigenvalue weighted by Gasteiger charge is 2.17. The maximum absolute atomic E-state index is 11.9. The lowest BCUT2D eigenvalue weighted by atomic mass is 9.97. The van der Waals surface area contributed by atoms with E-state index in [1.54, 1.807) is 0 Å². The Kier molecular flexibility index (Phi) is 4.81. The molecule has 1 fully saturated rings. The van der Waals surface area contributed by atoms with E-state index < -0.39 is 0 Å². The van der Waals surface area contributed by atoms with E-state index in [1.165, 1.54) is 5.69 Å². The van der Waals surface area contributed by atoms with Crippen molar-refractivity contribution < 1.29 is 4.79 Å². The number of benzene rings is 3. The number of nitrogens with zero attached hydrogens (tertiary/aromatic N) is 4. The highest BCUT2D eigenvalue weighted by Crippen LogP contribution is 2.35. The van der Waals surface area contributed by atoms with Crippen LogP contribution < -0.4 is 10.6 Å². The van der Waals surface area contributed by atoms with Crippen LogP contribution in [-0.4, -0.2) is 58.8 Å². The molecular formula is C27H28N6O. The van der Waals surface area contributed by atoms with Gasteiger partial charge in [-0.2, -0.15) is 5.10 Å². The average molecular weight is 453 g/mol. The summed E-state index contributed by atoms with van der Waals surface area (Å²) in [4.78, 5) is 20.3. The van der Waals surface area contributed by atoms with Gasteiger partial charge in [0.05, 0.1) is 23.7 Å². The highest BCUT2D eigenvalue weighted by molar-refractivity contribution is 6.11. The normalized spacial score (nSPS) is 15.1. The smallest absolute Gasteiger partial charge is 0.221 e. The zero-order valence-electron chi connectivity index (χ0n) is 19.5. The van der Waals surface area contributed by atoms with Crippen LogP contribution in [0.25, 0.3) is 43.8 Å². The third kappa shape index (κ3) is 3.49. The molecule has 0 saturated carbocycles. The van der Waals surface area contributed by atoms with Gasteiger partial charge in [0.1, 0.15) is 0 Å². The predicted molar refractivity (Wildman–Crippen MR) is 138 cm³/mol. The first kappa shape index (κ1) is 20.7. The summed E-state index contributed by atoms with van der Waals surface area (Å²) in [6.07, 6.45) is 2.07. The number of hydrogen-bond donors (Lipinski definition) is 2. The van der Waals surface area contributed by atoms with Gasteiger partial charge in [-0.05, 0) is 60.1 Å². The number of primary amides is 1. The molecule has 7 heteroatoms. The summed E-state index contributed by atoms with van der Waals surface area (Å²) in [6, 6.07) is 17.3. The zero-order chi connectivity index (χ0) is 23.4. The van der Waals surface area contributed by atoms with Crippen molar-refractivity contribution in [3.63, 3.8) is 0 Å². The minimum atomic E-state index is -0.335. The Labute approximate surface area is 197 Å². The molecule has 3 N–H and O–H groups in total. The van der Waals surface area contributed by atoms with Gasteiger partial charge in [-0.1, -0.05) is 12.1 Å². The number of amides is 1. The van der Waals surface area contributed by atoms with E-state index in [0.29, 0.717) is 0 Å². The second-order valence-electron chi connectivity index (χ2n) is 9.39. The molecule has 3 aromatic carbocycles. The first-order valence-electron chi connectivity index (χ1n) is 11.7. The van der Waals surface area contributed by atoms with Crippen LogP contribution in [0.1, 0.15) is 5.56 Å². The molecule has 2 aromatic heterocycles. The number of nitrogens with two attached hydrogens (primary N) is 1. The second kappa shape index (κ2) is 7.88. The second-order valence-corrected chi connectivity index (χ2v) is 9.39. The lowest BCUT2D eigenvalue weighted by molar-refractivity contribution is -0.117. The number of aromatic nitrogens is 3. The fraction of sp³-hybridized carbons (Fsp3) is 0.259. The summed E-state index contributed by atoms with van der Waals surface area (Å²) >= 11 is 0. The van der Waals surface area contributed by atoms with Gasteiger partial charge in [-0.15, -0.1) is 0 Å². The number of anilines is 1. The van der Waals surface area contributed by atoms with Crippen molar-refractivity contribution in [2.24, 2.45) is 12.8 Å². The van der Waals surface area contributed by atoms with Crippen LogP contribution in [0.5, 0.6) is 0 Å². The fourth-order valence-electron chi connectivity index (χ4n) is 5.17. The summed E-state index contributed by atoms with van der Waals surface area (Å²) in [5.74, 6) is -0.335.